The molecule has 5 rings (SSSR count). The second kappa shape index (κ2) is 4.84. The van der Waals surface area contributed by atoms with Crippen molar-refractivity contribution in [3.05, 3.63) is 35.4 Å². The summed E-state index contributed by atoms with van der Waals surface area (Å²) < 4.78 is 27.0. The van der Waals surface area contributed by atoms with E-state index in [2.05, 4.69) is 10.4 Å². The predicted octanol–water partition coefficient (Wildman–Crippen LogP) is 2.14. The molecule has 4 aliphatic rings. The SMILES string of the molecule is CNC(=O)C12CC(C(=O)N3N=CCC3c3cc(F)cc(F)c3)(C1)C2. The number of hydrogen-bond acceptors (Lipinski definition) is 3. The Bertz CT molecular complexity index is 737. The number of carbonyl (C=O) groups excluding carboxylic acids is 2. The van der Waals surface area contributed by atoms with Crippen molar-refractivity contribution in [3.8, 4) is 0 Å². The first-order chi connectivity index (χ1) is 11.4. The molecule has 1 atom stereocenters. The average Bonchev–Trinajstić information content (AvgIpc) is 2.92. The summed E-state index contributed by atoms with van der Waals surface area (Å²) in [5.74, 6) is -1.52. The molecule has 5 nitrogen and oxygen atoms in total. The standard InChI is InChI=1S/C17H17F2N3O2/c1-20-14(23)16-7-17(8-16,9-16)15(24)22-13(2-3-21-22)10-4-11(18)6-12(19)5-10/h3-6,13H,2,7-9H2,1H3,(H,20,23). The molecule has 1 aromatic carbocycles. The molecule has 1 aliphatic heterocycles. The lowest BCUT2D eigenvalue weighted by Gasteiger charge is -2.68. The number of carbonyl (C=O) groups is 2. The fourth-order valence-electron chi connectivity index (χ4n) is 4.42. The van der Waals surface area contributed by atoms with Gasteiger partial charge in [-0.3, -0.25) is 9.59 Å². The van der Waals surface area contributed by atoms with Crippen LogP contribution in [0.2, 0.25) is 0 Å². The van der Waals surface area contributed by atoms with E-state index in [0.717, 1.165) is 6.07 Å². The highest BCUT2D eigenvalue weighted by molar-refractivity contribution is 5.96. The zero-order valence-electron chi connectivity index (χ0n) is 13.2. The fourth-order valence-corrected chi connectivity index (χ4v) is 4.42. The number of hydrazone groups is 1. The summed E-state index contributed by atoms with van der Waals surface area (Å²) in [5.41, 5.74) is -0.557. The van der Waals surface area contributed by atoms with Gasteiger partial charge in [0.05, 0.1) is 16.9 Å². The summed E-state index contributed by atoms with van der Waals surface area (Å²) in [6, 6.07) is 2.78. The topological polar surface area (TPSA) is 61.8 Å². The Morgan fingerprint density at radius 3 is 2.38 bits per heavy atom. The summed E-state index contributed by atoms with van der Waals surface area (Å²) in [5, 5.41) is 8.10. The van der Waals surface area contributed by atoms with Crippen LogP contribution >= 0.6 is 0 Å². The third-order valence-corrected chi connectivity index (χ3v) is 5.50. The summed E-state index contributed by atoms with van der Waals surface area (Å²) >= 11 is 0. The summed E-state index contributed by atoms with van der Waals surface area (Å²) in [4.78, 5) is 24.7. The second-order valence-corrected chi connectivity index (χ2v) is 7.07. The van der Waals surface area contributed by atoms with Crippen molar-refractivity contribution in [2.24, 2.45) is 15.9 Å². The van der Waals surface area contributed by atoms with Crippen LogP contribution in [0.4, 0.5) is 8.78 Å². The minimum Gasteiger partial charge on any atom is -0.359 e. The molecule has 2 bridgehead atoms. The maximum Gasteiger partial charge on any atom is 0.249 e. The molecule has 1 unspecified atom stereocenters. The van der Waals surface area contributed by atoms with E-state index in [9.17, 15) is 18.4 Å². The Hall–Kier alpha value is -2.31. The van der Waals surface area contributed by atoms with Crippen molar-refractivity contribution in [2.45, 2.75) is 31.7 Å². The Morgan fingerprint density at radius 1 is 1.17 bits per heavy atom. The minimum atomic E-state index is -0.673. The zero-order valence-corrected chi connectivity index (χ0v) is 13.2. The molecule has 3 fully saturated rings. The smallest absolute Gasteiger partial charge is 0.249 e. The number of halogens is 2. The average molecular weight is 333 g/mol. The molecular weight excluding hydrogens is 316 g/mol. The first-order valence-corrected chi connectivity index (χ1v) is 7.93. The monoisotopic (exact) mass is 333 g/mol. The Morgan fingerprint density at radius 2 is 1.79 bits per heavy atom. The first kappa shape index (κ1) is 15.2. The number of nitrogens with one attached hydrogen (secondary N) is 1. The maximum absolute atomic E-state index is 13.5. The van der Waals surface area contributed by atoms with Gasteiger partial charge in [-0.2, -0.15) is 5.10 Å². The molecule has 3 saturated carbocycles. The Kier molecular flexibility index (Phi) is 3.07. The maximum atomic E-state index is 13.5. The molecule has 0 aromatic heterocycles. The fraction of sp³-hybridized carbons (Fsp3) is 0.471. The quantitative estimate of drug-likeness (QED) is 0.921. The van der Waals surface area contributed by atoms with E-state index in [1.54, 1.807) is 13.3 Å². The van der Waals surface area contributed by atoms with E-state index in [4.69, 9.17) is 0 Å². The lowest BCUT2D eigenvalue weighted by Crippen LogP contribution is -2.72. The number of hydrogen-bond donors (Lipinski definition) is 1. The molecule has 1 heterocycles. The molecule has 3 aliphatic carbocycles. The van der Waals surface area contributed by atoms with Crippen LogP contribution in [0.1, 0.15) is 37.3 Å². The van der Waals surface area contributed by atoms with Crippen LogP contribution in [0.5, 0.6) is 0 Å². The lowest BCUT2D eigenvalue weighted by molar-refractivity contribution is -0.216. The van der Waals surface area contributed by atoms with Crippen LogP contribution in [0.15, 0.2) is 23.3 Å². The second-order valence-electron chi connectivity index (χ2n) is 7.07. The van der Waals surface area contributed by atoms with Crippen molar-refractivity contribution in [1.29, 1.82) is 0 Å². The van der Waals surface area contributed by atoms with Crippen LogP contribution in [0, 0.1) is 22.5 Å². The van der Waals surface area contributed by atoms with Crippen LogP contribution in [-0.2, 0) is 9.59 Å². The van der Waals surface area contributed by atoms with Crippen molar-refractivity contribution < 1.29 is 18.4 Å². The number of benzene rings is 1. The van der Waals surface area contributed by atoms with Gasteiger partial charge in [-0.1, -0.05) is 0 Å². The highest BCUT2D eigenvalue weighted by atomic mass is 19.1. The molecule has 7 heteroatoms. The van der Waals surface area contributed by atoms with E-state index in [1.165, 1.54) is 17.1 Å². The van der Waals surface area contributed by atoms with Gasteiger partial charge in [0.25, 0.3) is 0 Å². The van der Waals surface area contributed by atoms with Crippen molar-refractivity contribution in [3.63, 3.8) is 0 Å². The van der Waals surface area contributed by atoms with Gasteiger partial charge in [-0.15, -0.1) is 0 Å². The van der Waals surface area contributed by atoms with Crippen molar-refractivity contribution >= 4 is 18.0 Å². The zero-order chi connectivity index (χ0) is 17.1. The Labute approximate surface area is 137 Å². The van der Waals surface area contributed by atoms with Gasteiger partial charge in [0.1, 0.15) is 11.6 Å². The molecule has 24 heavy (non-hydrogen) atoms. The largest absolute Gasteiger partial charge is 0.359 e. The highest BCUT2D eigenvalue weighted by Gasteiger charge is 2.75. The minimum absolute atomic E-state index is 0.0224. The molecule has 0 saturated heterocycles. The highest BCUT2D eigenvalue weighted by Crippen LogP contribution is 2.74. The molecule has 126 valence electrons. The lowest BCUT2D eigenvalue weighted by atomic mass is 9.34. The van der Waals surface area contributed by atoms with Crippen molar-refractivity contribution in [1.82, 2.24) is 10.3 Å². The summed E-state index contributed by atoms with van der Waals surface area (Å²) in [7, 11) is 1.59. The van der Waals surface area contributed by atoms with Gasteiger partial charge < -0.3 is 5.32 Å². The van der Waals surface area contributed by atoms with Crippen LogP contribution in [0.3, 0.4) is 0 Å². The molecule has 0 radical (unpaired) electrons. The molecule has 0 spiro atoms. The van der Waals surface area contributed by atoms with Gasteiger partial charge in [0, 0.05) is 25.7 Å². The van der Waals surface area contributed by atoms with E-state index in [0.29, 0.717) is 31.2 Å². The van der Waals surface area contributed by atoms with Crippen LogP contribution in [-0.4, -0.2) is 30.1 Å². The van der Waals surface area contributed by atoms with E-state index < -0.39 is 28.5 Å². The molecule has 1 aromatic rings. The summed E-state index contributed by atoms with van der Waals surface area (Å²) in [6.07, 6.45) is 3.58. The number of amides is 2. The molecule has 1 N–H and O–H groups in total. The Balaban J connectivity index is 1.53. The van der Waals surface area contributed by atoms with Crippen LogP contribution in [0.25, 0.3) is 0 Å². The van der Waals surface area contributed by atoms with Gasteiger partial charge in [-0.05, 0) is 37.0 Å². The van der Waals surface area contributed by atoms with E-state index in [-0.39, 0.29) is 11.8 Å². The van der Waals surface area contributed by atoms with E-state index >= 15 is 0 Å². The molecule has 2 amide bonds. The van der Waals surface area contributed by atoms with Gasteiger partial charge in [0.15, 0.2) is 0 Å². The van der Waals surface area contributed by atoms with Gasteiger partial charge >= 0.3 is 0 Å². The van der Waals surface area contributed by atoms with Gasteiger partial charge in [-0.25, -0.2) is 13.8 Å². The normalized spacial score (nSPS) is 33.0. The number of nitrogens with zero attached hydrogens (tertiary/aromatic N) is 2. The molecular formula is C17H17F2N3O2. The first-order valence-electron chi connectivity index (χ1n) is 7.93. The van der Waals surface area contributed by atoms with Crippen molar-refractivity contribution in [2.75, 3.05) is 7.05 Å². The third-order valence-electron chi connectivity index (χ3n) is 5.50. The summed E-state index contributed by atoms with van der Waals surface area (Å²) in [6.45, 7) is 0. The van der Waals surface area contributed by atoms with Crippen LogP contribution < -0.4 is 5.32 Å². The number of rotatable bonds is 3. The van der Waals surface area contributed by atoms with Gasteiger partial charge in [0.2, 0.25) is 11.8 Å². The third kappa shape index (κ3) is 1.93. The van der Waals surface area contributed by atoms with E-state index in [1.807, 2.05) is 0 Å². The predicted molar refractivity (Wildman–Crippen MR) is 81.8 cm³/mol.